The first-order valence-corrected chi connectivity index (χ1v) is 7.78. The van der Waals surface area contributed by atoms with E-state index in [0.717, 1.165) is 6.42 Å². The van der Waals surface area contributed by atoms with Gasteiger partial charge in [0.25, 0.3) is 5.91 Å². The molecule has 1 saturated heterocycles. The predicted molar refractivity (Wildman–Crippen MR) is 77.6 cm³/mol. The first-order valence-electron chi connectivity index (χ1n) is 6.84. The topological polar surface area (TPSA) is 69.6 Å². The molecule has 0 saturated carbocycles. The van der Waals surface area contributed by atoms with Gasteiger partial charge in [-0.2, -0.15) is 11.3 Å². The third-order valence-electron chi connectivity index (χ3n) is 3.80. The molecule has 1 aliphatic rings. The smallest absolute Gasteiger partial charge is 0.252 e. The Balaban J connectivity index is 1.77. The van der Waals surface area contributed by atoms with Crippen molar-refractivity contribution in [2.75, 3.05) is 19.7 Å². The maximum atomic E-state index is 12.1. The number of thiophene rings is 1. The minimum absolute atomic E-state index is 0.000909. The first kappa shape index (κ1) is 15.0. The Kier molecular flexibility index (Phi) is 5.14. The zero-order valence-corrected chi connectivity index (χ0v) is 12.4. The summed E-state index contributed by atoms with van der Waals surface area (Å²) in [6.45, 7) is 3.08. The molecule has 0 bridgehead atoms. The number of aliphatic hydroxyl groups excluding tert-OH is 1. The summed E-state index contributed by atoms with van der Waals surface area (Å²) in [6.07, 6.45) is 1.21. The molecule has 0 aliphatic carbocycles. The number of rotatable bonds is 5. The summed E-state index contributed by atoms with van der Waals surface area (Å²) < 4.78 is 0. The average Bonchev–Trinajstić information content (AvgIpc) is 3.07. The van der Waals surface area contributed by atoms with Crippen LogP contribution < -0.4 is 5.32 Å². The number of aliphatic hydroxyl groups is 1. The van der Waals surface area contributed by atoms with Crippen LogP contribution in [0.4, 0.5) is 0 Å². The summed E-state index contributed by atoms with van der Waals surface area (Å²) in [5, 5.41) is 15.7. The van der Waals surface area contributed by atoms with E-state index in [1.807, 2.05) is 12.3 Å². The summed E-state index contributed by atoms with van der Waals surface area (Å²) >= 11 is 1.47. The second-order valence-electron chi connectivity index (χ2n) is 5.12. The average molecular weight is 296 g/mol. The number of likely N-dealkylation sites (tertiary alicyclic amines) is 1. The minimum Gasteiger partial charge on any atom is -0.394 e. The molecule has 20 heavy (non-hydrogen) atoms. The van der Waals surface area contributed by atoms with E-state index >= 15 is 0 Å². The van der Waals surface area contributed by atoms with E-state index in [1.54, 1.807) is 16.3 Å². The molecule has 1 aliphatic heterocycles. The largest absolute Gasteiger partial charge is 0.394 e. The van der Waals surface area contributed by atoms with Crippen LogP contribution in [0.3, 0.4) is 0 Å². The number of amides is 2. The van der Waals surface area contributed by atoms with E-state index in [2.05, 4.69) is 5.32 Å². The lowest BCUT2D eigenvalue weighted by Gasteiger charge is -2.25. The van der Waals surface area contributed by atoms with E-state index in [0.29, 0.717) is 24.6 Å². The Hall–Kier alpha value is -1.40. The van der Waals surface area contributed by atoms with Crippen LogP contribution >= 0.6 is 11.3 Å². The fourth-order valence-electron chi connectivity index (χ4n) is 2.52. The van der Waals surface area contributed by atoms with E-state index < -0.39 is 0 Å². The fraction of sp³-hybridized carbons (Fsp3) is 0.571. The van der Waals surface area contributed by atoms with Crippen LogP contribution in [0.2, 0.25) is 0 Å². The zero-order chi connectivity index (χ0) is 14.5. The lowest BCUT2D eigenvalue weighted by molar-refractivity contribution is -0.132. The molecule has 2 heterocycles. The molecule has 1 aromatic heterocycles. The van der Waals surface area contributed by atoms with Gasteiger partial charge in [0.1, 0.15) is 0 Å². The molecule has 2 N–H and O–H groups in total. The molecule has 110 valence electrons. The van der Waals surface area contributed by atoms with Gasteiger partial charge in [0.15, 0.2) is 0 Å². The third kappa shape index (κ3) is 3.37. The molecule has 5 nitrogen and oxygen atoms in total. The molecule has 2 rings (SSSR count). The van der Waals surface area contributed by atoms with E-state index in [-0.39, 0.29) is 30.9 Å². The molecular weight excluding hydrogens is 276 g/mol. The van der Waals surface area contributed by atoms with Gasteiger partial charge < -0.3 is 15.3 Å². The molecule has 0 aromatic carbocycles. The van der Waals surface area contributed by atoms with Crippen molar-refractivity contribution >= 4 is 23.2 Å². The van der Waals surface area contributed by atoms with Gasteiger partial charge in [-0.15, -0.1) is 0 Å². The van der Waals surface area contributed by atoms with Crippen molar-refractivity contribution in [3.8, 4) is 0 Å². The number of carbonyl (C=O) groups excluding carboxylic acids is 2. The van der Waals surface area contributed by atoms with Crippen LogP contribution in [-0.4, -0.2) is 47.6 Å². The van der Waals surface area contributed by atoms with Gasteiger partial charge in [-0.25, -0.2) is 0 Å². The van der Waals surface area contributed by atoms with Crippen LogP contribution in [0, 0.1) is 5.92 Å². The maximum Gasteiger partial charge on any atom is 0.252 e. The summed E-state index contributed by atoms with van der Waals surface area (Å²) in [7, 11) is 0. The van der Waals surface area contributed by atoms with Gasteiger partial charge in [-0.05, 0) is 23.8 Å². The summed E-state index contributed by atoms with van der Waals surface area (Å²) in [6, 6.07) is 1.68. The fourth-order valence-corrected chi connectivity index (χ4v) is 3.15. The quantitative estimate of drug-likeness (QED) is 0.855. The van der Waals surface area contributed by atoms with Crippen molar-refractivity contribution in [3.63, 3.8) is 0 Å². The number of hydrogen-bond donors (Lipinski definition) is 2. The van der Waals surface area contributed by atoms with Gasteiger partial charge in [-0.1, -0.05) is 6.92 Å². The SMILES string of the molecule is CC1CCN(C(=O)CCNC(=O)c2ccsc2)C1CO. The van der Waals surface area contributed by atoms with Crippen LogP contribution in [0.15, 0.2) is 16.8 Å². The Labute approximate surface area is 122 Å². The van der Waals surface area contributed by atoms with Crippen molar-refractivity contribution in [2.45, 2.75) is 25.8 Å². The predicted octanol–water partition coefficient (Wildman–Crippen LogP) is 1.10. The highest BCUT2D eigenvalue weighted by molar-refractivity contribution is 7.08. The second-order valence-corrected chi connectivity index (χ2v) is 5.90. The van der Waals surface area contributed by atoms with E-state index in [1.165, 1.54) is 11.3 Å². The van der Waals surface area contributed by atoms with Crippen LogP contribution in [0.5, 0.6) is 0 Å². The highest BCUT2D eigenvalue weighted by Gasteiger charge is 2.33. The second kappa shape index (κ2) is 6.85. The Morgan fingerprint density at radius 3 is 3.00 bits per heavy atom. The normalized spacial score (nSPS) is 22.0. The first-order chi connectivity index (χ1) is 9.63. The molecule has 1 aromatic rings. The lowest BCUT2D eigenvalue weighted by atomic mass is 10.0. The number of nitrogens with one attached hydrogen (secondary N) is 1. The number of hydrogen-bond acceptors (Lipinski definition) is 4. The van der Waals surface area contributed by atoms with E-state index in [4.69, 9.17) is 0 Å². The monoisotopic (exact) mass is 296 g/mol. The van der Waals surface area contributed by atoms with Gasteiger partial charge in [0.2, 0.25) is 5.91 Å². The summed E-state index contributed by atoms with van der Waals surface area (Å²) in [5.41, 5.74) is 0.630. The van der Waals surface area contributed by atoms with Crippen LogP contribution in [-0.2, 0) is 4.79 Å². The number of carbonyl (C=O) groups is 2. The zero-order valence-electron chi connectivity index (χ0n) is 11.5. The highest BCUT2D eigenvalue weighted by atomic mass is 32.1. The van der Waals surface area contributed by atoms with Crippen molar-refractivity contribution in [1.29, 1.82) is 0 Å². The molecule has 2 unspecified atom stereocenters. The highest BCUT2D eigenvalue weighted by Crippen LogP contribution is 2.23. The maximum absolute atomic E-state index is 12.1. The molecule has 2 atom stereocenters. The summed E-state index contributed by atoms with van der Waals surface area (Å²) in [4.78, 5) is 25.5. The van der Waals surface area contributed by atoms with Crippen molar-refractivity contribution in [1.82, 2.24) is 10.2 Å². The molecule has 2 amide bonds. The Morgan fingerprint density at radius 2 is 2.35 bits per heavy atom. The summed E-state index contributed by atoms with van der Waals surface area (Å²) in [5.74, 6) is 0.191. The van der Waals surface area contributed by atoms with Crippen molar-refractivity contribution in [3.05, 3.63) is 22.4 Å². The van der Waals surface area contributed by atoms with Gasteiger partial charge in [0.05, 0.1) is 12.6 Å². The Bertz CT molecular complexity index is 461. The Morgan fingerprint density at radius 1 is 1.55 bits per heavy atom. The van der Waals surface area contributed by atoms with Crippen LogP contribution in [0.1, 0.15) is 30.1 Å². The standard InChI is InChI=1S/C14H20N2O3S/c1-10-3-6-16(12(10)8-17)13(18)2-5-15-14(19)11-4-7-20-9-11/h4,7,9-10,12,17H,2-3,5-6,8H2,1H3,(H,15,19). The third-order valence-corrected chi connectivity index (χ3v) is 4.48. The van der Waals surface area contributed by atoms with Crippen LogP contribution in [0.25, 0.3) is 0 Å². The number of nitrogens with zero attached hydrogens (tertiary/aromatic N) is 1. The van der Waals surface area contributed by atoms with Crippen molar-refractivity contribution in [2.24, 2.45) is 5.92 Å². The molecule has 0 radical (unpaired) electrons. The lowest BCUT2D eigenvalue weighted by Crippen LogP contribution is -2.41. The molecule has 0 spiro atoms. The van der Waals surface area contributed by atoms with Gasteiger partial charge >= 0.3 is 0 Å². The molecular formula is C14H20N2O3S. The van der Waals surface area contributed by atoms with Gasteiger partial charge in [-0.3, -0.25) is 9.59 Å². The molecule has 6 heteroatoms. The van der Waals surface area contributed by atoms with E-state index in [9.17, 15) is 14.7 Å². The van der Waals surface area contributed by atoms with Crippen molar-refractivity contribution < 1.29 is 14.7 Å². The molecule has 1 fully saturated rings. The van der Waals surface area contributed by atoms with Gasteiger partial charge in [0, 0.05) is 30.5 Å². The minimum atomic E-state index is -0.146.